The lowest BCUT2D eigenvalue weighted by atomic mass is 9.96. The molecule has 2 aliphatic rings. The number of benzene rings is 1. The van der Waals surface area contributed by atoms with Gasteiger partial charge in [-0.05, 0) is 43.4 Å². The minimum absolute atomic E-state index is 0.0120. The zero-order chi connectivity index (χ0) is 17.1. The van der Waals surface area contributed by atoms with Crippen LogP contribution in [0.4, 0.5) is 0 Å². The van der Waals surface area contributed by atoms with Crippen molar-refractivity contribution in [3.8, 4) is 0 Å². The number of fused-ring (bicyclic) bond motifs is 2. The number of esters is 1. The third kappa shape index (κ3) is 2.04. The lowest BCUT2D eigenvalue weighted by Gasteiger charge is -2.23. The quantitative estimate of drug-likeness (QED) is 0.768. The summed E-state index contributed by atoms with van der Waals surface area (Å²) < 4.78 is 31.6. The number of aromatic nitrogens is 1. The van der Waals surface area contributed by atoms with Crippen LogP contribution >= 0.6 is 0 Å². The SMILES string of the molecule is CCOC(=O)c1cn2c3c(c4c(cc3c1=O)CCS4(=O)=O)CCC2. The summed E-state index contributed by atoms with van der Waals surface area (Å²) in [6.07, 6.45) is 3.35. The number of sulfone groups is 1. The Kier molecular flexibility index (Phi) is 3.32. The van der Waals surface area contributed by atoms with Gasteiger partial charge in [0.05, 0.1) is 22.8 Å². The summed E-state index contributed by atoms with van der Waals surface area (Å²) >= 11 is 0. The molecule has 2 aliphatic heterocycles. The van der Waals surface area contributed by atoms with Crippen molar-refractivity contribution in [2.75, 3.05) is 12.4 Å². The Balaban J connectivity index is 2.11. The van der Waals surface area contributed by atoms with Crippen molar-refractivity contribution in [1.29, 1.82) is 0 Å². The van der Waals surface area contributed by atoms with Gasteiger partial charge in [0.2, 0.25) is 5.43 Å². The van der Waals surface area contributed by atoms with E-state index in [2.05, 4.69) is 0 Å². The van der Waals surface area contributed by atoms with Crippen LogP contribution in [0.1, 0.15) is 34.8 Å². The van der Waals surface area contributed by atoms with Crippen molar-refractivity contribution in [2.24, 2.45) is 0 Å². The molecule has 6 nitrogen and oxygen atoms in total. The summed E-state index contributed by atoms with van der Waals surface area (Å²) in [4.78, 5) is 25.3. The zero-order valence-electron chi connectivity index (χ0n) is 13.3. The second-order valence-electron chi connectivity index (χ2n) is 6.20. The van der Waals surface area contributed by atoms with Gasteiger partial charge in [-0.3, -0.25) is 4.79 Å². The Morgan fingerprint density at radius 2 is 2.12 bits per heavy atom. The molecule has 0 aliphatic carbocycles. The molecule has 3 heterocycles. The van der Waals surface area contributed by atoms with Gasteiger partial charge in [-0.15, -0.1) is 0 Å². The van der Waals surface area contributed by atoms with Crippen LogP contribution in [-0.2, 0) is 34.0 Å². The van der Waals surface area contributed by atoms with E-state index >= 15 is 0 Å². The van der Waals surface area contributed by atoms with Gasteiger partial charge in [-0.1, -0.05) is 0 Å². The highest BCUT2D eigenvalue weighted by molar-refractivity contribution is 7.91. The lowest BCUT2D eigenvalue weighted by molar-refractivity contribution is 0.0524. The largest absolute Gasteiger partial charge is 0.462 e. The maximum atomic E-state index is 12.8. The van der Waals surface area contributed by atoms with Crippen LogP contribution < -0.4 is 5.43 Å². The third-order valence-electron chi connectivity index (χ3n) is 4.76. The van der Waals surface area contributed by atoms with Gasteiger partial charge in [-0.2, -0.15) is 0 Å². The molecule has 1 aromatic carbocycles. The molecule has 0 spiro atoms. The van der Waals surface area contributed by atoms with E-state index in [1.807, 2.05) is 4.57 Å². The van der Waals surface area contributed by atoms with E-state index in [4.69, 9.17) is 4.74 Å². The fraction of sp³-hybridized carbons (Fsp3) is 0.412. The second-order valence-corrected chi connectivity index (χ2v) is 8.24. The molecule has 1 aromatic heterocycles. The molecule has 0 N–H and O–H groups in total. The first-order valence-corrected chi connectivity index (χ1v) is 9.71. The average Bonchev–Trinajstić information content (AvgIpc) is 2.86. The molecule has 24 heavy (non-hydrogen) atoms. The van der Waals surface area contributed by atoms with E-state index in [1.54, 1.807) is 13.0 Å². The standard InChI is InChI=1S/C17H17NO5S/c1-2-23-17(20)13-9-18-6-3-4-11-14(18)12(15(13)19)8-10-5-7-24(21,22)16(10)11/h8-9H,2-7H2,1H3. The van der Waals surface area contributed by atoms with Gasteiger partial charge in [0.1, 0.15) is 5.56 Å². The summed E-state index contributed by atoms with van der Waals surface area (Å²) in [5, 5.41) is 0.422. The smallest absolute Gasteiger partial charge is 0.343 e. The minimum atomic E-state index is -3.28. The van der Waals surface area contributed by atoms with Crippen molar-refractivity contribution < 1.29 is 17.9 Å². The number of hydrogen-bond donors (Lipinski definition) is 0. The minimum Gasteiger partial charge on any atom is -0.462 e. The van der Waals surface area contributed by atoms with Gasteiger partial charge in [0, 0.05) is 18.1 Å². The molecule has 4 rings (SSSR count). The highest BCUT2D eigenvalue weighted by Gasteiger charge is 2.33. The Hall–Kier alpha value is -2.15. The maximum Gasteiger partial charge on any atom is 0.343 e. The highest BCUT2D eigenvalue weighted by Crippen LogP contribution is 2.37. The molecule has 7 heteroatoms. The summed E-state index contributed by atoms with van der Waals surface area (Å²) in [6.45, 7) is 2.54. The number of nitrogens with zero attached hydrogens (tertiary/aromatic N) is 1. The first-order valence-electron chi connectivity index (χ1n) is 8.06. The van der Waals surface area contributed by atoms with Crippen LogP contribution in [0.25, 0.3) is 10.9 Å². The van der Waals surface area contributed by atoms with Gasteiger partial charge in [0.25, 0.3) is 0 Å². The molecule has 0 amide bonds. The molecule has 126 valence electrons. The summed E-state index contributed by atoms with van der Waals surface area (Å²) in [6, 6.07) is 1.66. The van der Waals surface area contributed by atoms with E-state index in [0.717, 1.165) is 12.0 Å². The molecule has 0 saturated carbocycles. The van der Waals surface area contributed by atoms with Gasteiger partial charge < -0.3 is 9.30 Å². The summed E-state index contributed by atoms with van der Waals surface area (Å²) in [7, 11) is -3.28. The Morgan fingerprint density at radius 1 is 1.33 bits per heavy atom. The molecule has 0 unspecified atom stereocenters. The fourth-order valence-corrected chi connectivity index (χ4v) is 5.63. The highest BCUT2D eigenvalue weighted by atomic mass is 32.2. The predicted molar refractivity (Wildman–Crippen MR) is 88.2 cm³/mol. The molecule has 0 atom stereocenters. The molecule has 0 saturated heterocycles. The molecule has 0 bridgehead atoms. The number of hydrogen-bond acceptors (Lipinski definition) is 5. The molecule has 0 radical (unpaired) electrons. The van der Waals surface area contributed by atoms with Crippen molar-refractivity contribution in [3.05, 3.63) is 39.2 Å². The van der Waals surface area contributed by atoms with Crippen LogP contribution in [0.5, 0.6) is 0 Å². The summed E-state index contributed by atoms with van der Waals surface area (Å²) in [5.41, 5.74) is 1.72. The van der Waals surface area contributed by atoms with E-state index in [0.29, 0.717) is 40.7 Å². The van der Waals surface area contributed by atoms with Gasteiger partial charge >= 0.3 is 5.97 Å². The Labute approximate surface area is 139 Å². The lowest BCUT2D eigenvalue weighted by Crippen LogP contribution is -2.24. The number of carbonyl (C=O) groups excluding carboxylic acids is 1. The van der Waals surface area contributed by atoms with Crippen molar-refractivity contribution in [1.82, 2.24) is 4.57 Å². The average molecular weight is 347 g/mol. The van der Waals surface area contributed by atoms with Crippen LogP contribution in [0.3, 0.4) is 0 Å². The van der Waals surface area contributed by atoms with E-state index < -0.39 is 15.8 Å². The molecule has 0 fully saturated rings. The molecule has 2 aromatic rings. The van der Waals surface area contributed by atoms with Crippen LogP contribution in [-0.4, -0.2) is 31.3 Å². The first-order chi connectivity index (χ1) is 11.4. The van der Waals surface area contributed by atoms with Crippen LogP contribution in [0.15, 0.2) is 22.0 Å². The number of carbonyl (C=O) groups is 1. The van der Waals surface area contributed by atoms with Crippen molar-refractivity contribution in [3.63, 3.8) is 0 Å². The molecular formula is C17H17NO5S. The Morgan fingerprint density at radius 3 is 2.88 bits per heavy atom. The van der Waals surface area contributed by atoms with E-state index in [1.165, 1.54) is 6.20 Å². The topological polar surface area (TPSA) is 82.4 Å². The fourth-order valence-electron chi connectivity index (χ4n) is 3.81. The zero-order valence-corrected chi connectivity index (χ0v) is 14.1. The predicted octanol–water partition coefficient (Wildman–Crippen LogP) is 1.45. The normalized spacial score (nSPS) is 17.7. The third-order valence-corrected chi connectivity index (χ3v) is 6.63. The molecular weight excluding hydrogens is 330 g/mol. The maximum absolute atomic E-state index is 12.8. The monoisotopic (exact) mass is 347 g/mol. The Bertz CT molecular complexity index is 1050. The number of pyridine rings is 1. The number of aryl methyl sites for hydroxylation is 3. The first kappa shape index (κ1) is 15.4. The van der Waals surface area contributed by atoms with Gasteiger partial charge in [-0.25, -0.2) is 13.2 Å². The number of rotatable bonds is 2. The van der Waals surface area contributed by atoms with Crippen molar-refractivity contribution in [2.45, 2.75) is 37.6 Å². The van der Waals surface area contributed by atoms with E-state index in [9.17, 15) is 18.0 Å². The van der Waals surface area contributed by atoms with Crippen molar-refractivity contribution >= 4 is 26.7 Å². The number of ether oxygens (including phenoxy) is 1. The van der Waals surface area contributed by atoms with Crippen LogP contribution in [0.2, 0.25) is 0 Å². The summed E-state index contributed by atoms with van der Waals surface area (Å²) in [5.74, 6) is -0.543. The van der Waals surface area contributed by atoms with E-state index in [-0.39, 0.29) is 23.4 Å². The van der Waals surface area contributed by atoms with Crippen LogP contribution in [0, 0.1) is 0 Å². The van der Waals surface area contributed by atoms with Gasteiger partial charge in [0.15, 0.2) is 9.84 Å². The second kappa shape index (κ2) is 5.17.